The van der Waals surface area contributed by atoms with Crippen molar-refractivity contribution in [3.05, 3.63) is 164 Å². The van der Waals surface area contributed by atoms with E-state index in [1.54, 1.807) is 0 Å². The summed E-state index contributed by atoms with van der Waals surface area (Å²) in [7, 11) is 0. The number of allylic oxidation sites excluding steroid dienone is 4. The minimum atomic E-state index is 0.958. The highest BCUT2D eigenvalue weighted by Gasteiger charge is 2.26. The van der Waals surface area contributed by atoms with Crippen molar-refractivity contribution in [2.45, 2.75) is 12.8 Å². The van der Waals surface area contributed by atoms with Gasteiger partial charge in [0.15, 0.2) is 0 Å². The maximum atomic E-state index is 5.67. The third-order valence-corrected chi connectivity index (χ3v) is 9.25. The van der Waals surface area contributed by atoms with Crippen molar-refractivity contribution in [3.8, 4) is 27.9 Å². The molecule has 0 amide bonds. The smallest absolute Gasteiger partial charge is 0.141 e. The lowest BCUT2D eigenvalue weighted by molar-refractivity contribution is 0.982. The third kappa shape index (κ3) is 4.07. The normalized spacial score (nSPS) is 13.2. The zero-order chi connectivity index (χ0) is 29.7. The summed E-state index contributed by atoms with van der Waals surface area (Å²) >= 11 is 0. The number of hydrogen-bond donors (Lipinski definition) is 0. The molecular weight excluding hydrogens is 544 g/mol. The first-order valence-corrected chi connectivity index (χ1v) is 15.7. The molecule has 1 heterocycles. The average molecular weight is 575 g/mol. The van der Waals surface area contributed by atoms with Crippen LogP contribution >= 0.6 is 0 Å². The molecule has 212 valence electrons. The van der Waals surface area contributed by atoms with E-state index < -0.39 is 0 Å². The fraction of sp³-hybridized carbons (Fsp3) is 0.0465. The summed E-state index contributed by atoms with van der Waals surface area (Å²) in [5.74, 6) is 1.01. The summed E-state index contributed by atoms with van der Waals surface area (Å²) in [4.78, 5) is 5.67. The average Bonchev–Trinajstić information content (AvgIpc) is 3.51. The second kappa shape index (κ2) is 10.5. The van der Waals surface area contributed by atoms with Gasteiger partial charge < -0.3 is 0 Å². The molecule has 0 bridgehead atoms. The molecule has 0 aliphatic heterocycles. The quantitative estimate of drug-likeness (QED) is 0.204. The lowest BCUT2D eigenvalue weighted by Gasteiger charge is -2.19. The molecule has 0 N–H and O–H groups in total. The molecule has 2 nitrogen and oxygen atoms in total. The Morgan fingerprint density at radius 1 is 0.511 bits per heavy atom. The Bertz CT molecular complexity index is 2470. The van der Waals surface area contributed by atoms with Crippen LogP contribution in [0.4, 0.5) is 0 Å². The highest BCUT2D eigenvalue weighted by molar-refractivity contribution is 6.24. The number of rotatable bonds is 4. The number of para-hydroxylation sites is 1. The minimum absolute atomic E-state index is 0.958. The molecule has 0 saturated carbocycles. The highest BCUT2D eigenvalue weighted by Crippen LogP contribution is 2.48. The Balaban J connectivity index is 1.56. The number of nitrogens with zero attached hydrogens (tertiary/aromatic N) is 2. The second-order valence-corrected chi connectivity index (χ2v) is 11.8. The Morgan fingerprint density at radius 3 is 1.71 bits per heavy atom. The number of fused-ring (bicyclic) bond motifs is 4. The molecule has 8 aromatic rings. The molecule has 1 aromatic heterocycles. The van der Waals surface area contributed by atoms with Crippen LogP contribution < -0.4 is 0 Å². The van der Waals surface area contributed by atoms with Gasteiger partial charge in [-0.05, 0) is 74.0 Å². The van der Waals surface area contributed by atoms with Crippen LogP contribution in [-0.4, -0.2) is 9.55 Å². The van der Waals surface area contributed by atoms with Gasteiger partial charge in [-0.15, -0.1) is 0 Å². The number of hydrogen-bond acceptors (Lipinski definition) is 1. The Hall–Kier alpha value is -5.73. The van der Waals surface area contributed by atoms with Gasteiger partial charge in [0.1, 0.15) is 5.82 Å². The van der Waals surface area contributed by atoms with Crippen molar-refractivity contribution in [1.82, 2.24) is 9.55 Å². The van der Waals surface area contributed by atoms with E-state index in [1.807, 2.05) is 0 Å². The van der Waals surface area contributed by atoms with Crippen LogP contribution in [0.5, 0.6) is 0 Å². The molecule has 45 heavy (non-hydrogen) atoms. The standard InChI is InChI=1S/C43H30N2/c1-3-17-31(18-4-1)43-44-41-39(35-27-13-19-29-15-7-9-23-33(29)35)37-25-11-12-26-38(37)40(42(41)45(43)32-21-5-2-6-22-32)36-28-14-20-30-16-8-10-24-34(30)36/h1-3,5-17,19-28H,4,18H2. The van der Waals surface area contributed by atoms with Crippen LogP contribution in [0.1, 0.15) is 18.7 Å². The van der Waals surface area contributed by atoms with E-state index in [1.165, 1.54) is 60.1 Å². The zero-order valence-electron chi connectivity index (χ0n) is 24.8. The van der Waals surface area contributed by atoms with E-state index in [0.29, 0.717) is 0 Å². The van der Waals surface area contributed by atoms with E-state index in [-0.39, 0.29) is 0 Å². The van der Waals surface area contributed by atoms with Crippen molar-refractivity contribution >= 4 is 48.9 Å². The molecule has 7 aromatic carbocycles. The molecule has 0 radical (unpaired) electrons. The summed E-state index contributed by atoms with van der Waals surface area (Å²) in [6.07, 6.45) is 8.65. The van der Waals surface area contributed by atoms with Crippen molar-refractivity contribution in [2.75, 3.05) is 0 Å². The molecule has 0 saturated heterocycles. The Kier molecular flexibility index (Phi) is 5.99. The number of aromatic nitrogens is 2. The molecule has 0 unspecified atom stereocenters. The Labute approximate surface area is 262 Å². The monoisotopic (exact) mass is 574 g/mol. The van der Waals surface area contributed by atoms with Gasteiger partial charge in [-0.3, -0.25) is 4.57 Å². The lowest BCUT2D eigenvalue weighted by Crippen LogP contribution is -2.03. The highest BCUT2D eigenvalue weighted by atomic mass is 15.1. The summed E-state index contributed by atoms with van der Waals surface area (Å²) in [6, 6.07) is 50.5. The van der Waals surface area contributed by atoms with Gasteiger partial charge in [0.2, 0.25) is 0 Å². The summed E-state index contributed by atoms with van der Waals surface area (Å²) < 4.78 is 2.43. The molecule has 0 spiro atoms. The zero-order valence-corrected chi connectivity index (χ0v) is 24.8. The molecule has 1 aliphatic rings. The lowest BCUT2D eigenvalue weighted by atomic mass is 9.87. The fourth-order valence-electron chi connectivity index (χ4n) is 7.26. The van der Waals surface area contributed by atoms with Crippen molar-refractivity contribution in [1.29, 1.82) is 0 Å². The van der Waals surface area contributed by atoms with Gasteiger partial charge in [0, 0.05) is 16.8 Å². The summed E-state index contributed by atoms with van der Waals surface area (Å²) in [5.41, 5.74) is 9.38. The van der Waals surface area contributed by atoms with E-state index in [2.05, 4.69) is 162 Å². The third-order valence-electron chi connectivity index (χ3n) is 9.25. The number of imidazole rings is 1. The van der Waals surface area contributed by atoms with Gasteiger partial charge in [0.25, 0.3) is 0 Å². The van der Waals surface area contributed by atoms with Gasteiger partial charge in [0.05, 0.1) is 11.0 Å². The van der Waals surface area contributed by atoms with E-state index >= 15 is 0 Å². The van der Waals surface area contributed by atoms with E-state index in [9.17, 15) is 0 Å². The van der Waals surface area contributed by atoms with E-state index in [4.69, 9.17) is 4.98 Å². The van der Waals surface area contributed by atoms with Crippen LogP contribution in [0.15, 0.2) is 158 Å². The van der Waals surface area contributed by atoms with Crippen LogP contribution in [-0.2, 0) is 0 Å². The molecule has 0 atom stereocenters. The number of benzene rings is 7. The van der Waals surface area contributed by atoms with Gasteiger partial charge in [-0.1, -0.05) is 146 Å². The first-order chi connectivity index (χ1) is 22.4. The maximum Gasteiger partial charge on any atom is 0.141 e. The van der Waals surface area contributed by atoms with Crippen LogP contribution in [0.3, 0.4) is 0 Å². The summed E-state index contributed by atoms with van der Waals surface area (Å²) in [6.45, 7) is 0. The van der Waals surface area contributed by atoms with Crippen molar-refractivity contribution in [2.24, 2.45) is 0 Å². The van der Waals surface area contributed by atoms with E-state index in [0.717, 1.165) is 35.4 Å². The maximum absolute atomic E-state index is 5.67. The second-order valence-electron chi connectivity index (χ2n) is 11.8. The molecule has 0 fully saturated rings. The first-order valence-electron chi connectivity index (χ1n) is 15.7. The van der Waals surface area contributed by atoms with Gasteiger partial charge in [-0.2, -0.15) is 0 Å². The van der Waals surface area contributed by atoms with Gasteiger partial charge >= 0.3 is 0 Å². The Morgan fingerprint density at radius 2 is 1.07 bits per heavy atom. The molecular formula is C43H30N2. The molecule has 9 rings (SSSR count). The first kappa shape index (κ1) is 25.7. The van der Waals surface area contributed by atoms with Crippen LogP contribution in [0.25, 0.3) is 76.9 Å². The molecule has 1 aliphatic carbocycles. The van der Waals surface area contributed by atoms with Crippen molar-refractivity contribution in [3.63, 3.8) is 0 Å². The van der Waals surface area contributed by atoms with Crippen LogP contribution in [0.2, 0.25) is 0 Å². The predicted octanol–water partition coefficient (Wildman–Crippen LogP) is 11.6. The SMILES string of the molecule is C1=CCCC(c2nc3c(-c4cccc5ccccc45)c4ccccc4c(-c4cccc5ccccc45)c3n2-c2ccccc2)=C1. The largest absolute Gasteiger partial charge is 0.292 e. The topological polar surface area (TPSA) is 17.8 Å². The van der Waals surface area contributed by atoms with Gasteiger partial charge in [-0.25, -0.2) is 4.98 Å². The van der Waals surface area contributed by atoms with Crippen LogP contribution in [0, 0.1) is 0 Å². The van der Waals surface area contributed by atoms with Crippen molar-refractivity contribution < 1.29 is 0 Å². The predicted molar refractivity (Wildman–Crippen MR) is 191 cm³/mol. The molecule has 2 heteroatoms. The minimum Gasteiger partial charge on any atom is -0.292 e. The fourth-order valence-corrected chi connectivity index (χ4v) is 7.26. The summed E-state index contributed by atoms with van der Waals surface area (Å²) in [5, 5.41) is 7.38.